The van der Waals surface area contributed by atoms with E-state index < -0.39 is 5.97 Å². The number of benzene rings is 1. The van der Waals surface area contributed by atoms with Crippen LogP contribution in [0.3, 0.4) is 0 Å². The lowest BCUT2D eigenvalue weighted by Crippen LogP contribution is -2.38. The van der Waals surface area contributed by atoms with Crippen molar-refractivity contribution in [3.05, 3.63) is 69.6 Å². The number of aryl methyl sites for hydroxylation is 1. The molecule has 1 fully saturated rings. The Hall–Kier alpha value is -2.40. The molecule has 0 atom stereocenters. The second-order valence-electron chi connectivity index (χ2n) is 6.38. The lowest BCUT2D eigenvalue weighted by atomic mass is 10.0. The fourth-order valence-corrected chi connectivity index (χ4v) is 3.39. The van der Waals surface area contributed by atoms with Gasteiger partial charge in [0.15, 0.2) is 0 Å². The van der Waals surface area contributed by atoms with E-state index in [1.54, 1.807) is 23.8 Å². The first-order valence-corrected chi connectivity index (χ1v) is 8.27. The monoisotopic (exact) mass is 326 g/mol. The molecule has 5 heteroatoms. The normalized spacial score (nSPS) is 16.2. The molecular weight excluding hydrogens is 304 g/mol. The predicted molar refractivity (Wildman–Crippen MR) is 92.4 cm³/mol. The van der Waals surface area contributed by atoms with Crippen LogP contribution in [0.15, 0.2) is 47.4 Å². The molecule has 1 saturated heterocycles. The average Bonchev–Trinajstić information content (AvgIpc) is 2.57. The predicted octanol–water partition coefficient (Wildman–Crippen LogP) is 2.69. The van der Waals surface area contributed by atoms with E-state index in [0.29, 0.717) is 5.56 Å². The SMILES string of the molecule is Cc1ccn(C2CCN(Cc3ccccc3)CC2)c(=O)c1C(=O)O. The topological polar surface area (TPSA) is 62.5 Å². The van der Waals surface area contributed by atoms with E-state index in [0.717, 1.165) is 32.5 Å². The molecular formula is C19H22N2O3. The minimum Gasteiger partial charge on any atom is -0.477 e. The Kier molecular flexibility index (Phi) is 4.81. The standard InChI is InChI=1S/C19H22N2O3/c1-14-7-12-21(18(22)17(14)19(23)24)16-8-10-20(11-9-16)13-15-5-3-2-4-6-15/h2-7,12,16H,8-11,13H2,1H3,(H,23,24). The van der Waals surface area contributed by atoms with Gasteiger partial charge in [-0.25, -0.2) is 4.79 Å². The summed E-state index contributed by atoms with van der Waals surface area (Å²) >= 11 is 0. The number of carbonyl (C=O) groups is 1. The van der Waals surface area contributed by atoms with Crippen molar-refractivity contribution in [3.63, 3.8) is 0 Å². The van der Waals surface area contributed by atoms with Crippen LogP contribution in [0.1, 0.15) is 40.4 Å². The van der Waals surface area contributed by atoms with E-state index >= 15 is 0 Å². The molecule has 1 aromatic heterocycles. The smallest absolute Gasteiger partial charge is 0.341 e. The summed E-state index contributed by atoms with van der Waals surface area (Å²) in [6.45, 7) is 4.39. The molecule has 5 nitrogen and oxygen atoms in total. The number of carboxylic acids is 1. The van der Waals surface area contributed by atoms with Gasteiger partial charge in [-0.2, -0.15) is 0 Å². The van der Waals surface area contributed by atoms with Crippen molar-refractivity contribution in [2.24, 2.45) is 0 Å². The zero-order chi connectivity index (χ0) is 17.1. The highest BCUT2D eigenvalue weighted by molar-refractivity contribution is 5.88. The molecule has 0 saturated carbocycles. The Labute approximate surface area is 141 Å². The van der Waals surface area contributed by atoms with Crippen LogP contribution in [0, 0.1) is 6.92 Å². The van der Waals surface area contributed by atoms with E-state index in [4.69, 9.17) is 0 Å². The number of piperidine rings is 1. The van der Waals surface area contributed by atoms with E-state index in [9.17, 15) is 14.7 Å². The molecule has 126 valence electrons. The maximum atomic E-state index is 12.5. The zero-order valence-corrected chi connectivity index (χ0v) is 13.8. The minimum atomic E-state index is -1.15. The maximum Gasteiger partial charge on any atom is 0.341 e. The molecule has 1 aliphatic heterocycles. The van der Waals surface area contributed by atoms with Gasteiger partial charge in [-0.3, -0.25) is 9.69 Å². The van der Waals surface area contributed by atoms with Crippen LogP contribution in [0.2, 0.25) is 0 Å². The number of hydrogen-bond donors (Lipinski definition) is 1. The second kappa shape index (κ2) is 7.01. The van der Waals surface area contributed by atoms with Crippen LogP contribution >= 0.6 is 0 Å². The molecule has 2 aromatic rings. The van der Waals surface area contributed by atoms with Crippen molar-refractivity contribution in [2.45, 2.75) is 32.4 Å². The number of aromatic nitrogens is 1. The number of likely N-dealkylation sites (tertiary alicyclic amines) is 1. The molecule has 1 aliphatic rings. The van der Waals surface area contributed by atoms with Gasteiger partial charge in [-0.1, -0.05) is 30.3 Å². The van der Waals surface area contributed by atoms with Crippen molar-refractivity contribution < 1.29 is 9.90 Å². The van der Waals surface area contributed by atoms with Crippen molar-refractivity contribution in [3.8, 4) is 0 Å². The van der Waals surface area contributed by atoms with Crippen molar-refractivity contribution in [2.75, 3.05) is 13.1 Å². The van der Waals surface area contributed by atoms with Crippen LogP contribution in [-0.2, 0) is 6.54 Å². The lowest BCUT2D eigenvalue weighted by molar-refractivity contribution is 0.0692. The van der Waals surface area contributed by atoms with Gasteiger partial charge in [0.2, 0.25) is 0 Å². The summed E-state index contributed by atoms with van der Waals surface area (Å²) in [5.74, 6) is -1.15. The molecule has 1 N–H and O–H groups in total. The summed E-state index contributed by atoms with van der Waals surface area (Å²) < 4.78 is 1.61. The molecule has 3 rings (SSSR count). The number of carboxylic acid groups (broad SMARTS) is 1. The van der Waals surface area contributed by atoms with Crippen LogP contribution < -0.4 is 5.56 Å². The summed E-state index contributed by atoms with van der Waals surface area (Å²) in [6, 6.07) is 12.1. The highest BCUT2D eigenvalue weighted by Gasteiger charge is 2.23. The van der Waals surface area contributed by atoms with Crippen LogP contribution in [0.4, 0.5) is 0 Å². The third-order valence-corrected chi connectivity index (χ3v) is 4.74. The highest BCUT2D eigenvalue weighted by atomic mass is 16.4. The Bertz CT molecular complexity index is 775. The molecule has 0 amide bonds. The van der Waals surface area contributed by atoms with Crippen LogP contribution in [-0.4, -0.2) is 33.6 Å². The fraction of sp³-hybridized carbons (Fsp3) is 0.368. The molecule has 0 unspecified atom stereocenters. The first kappa shape index (κ1) is 16.5. The van der Waals surface area contributed by atoms with Gasteiger partial charge in [0, 0.05) is 31.9 Å². The van der Waals surface area contributed by atoms with Crippen LogP contribution in [0.5, 0.6) is 0 Å². The van der Waals surface area contributed by atoms with Gasteiger partial charge < -0.3 is 9.67 Å². The third-order valence-electron chi connectivity index (χ3n) is 4.74. The Morgan fingerprint density at radius 2 is 1.83 bits per heavy atom. The van der Waals surface area contributed by atoms with Crippen molar-refractivity contribution in [1.29, 1.82) is 0 Å². The van der Waals surface area contributed by atoms with E-state index in [2.05, 4.69) is 17.0 Å². The van der Waals surface area contributed by atoms with Crippen LogP contribution in [0.25, 0.3) is 0 Å². The number of aromatic carboxylic acids is 1. The summed E-state index contributed by atoms with van der Waals surface area (Å²) in [5, 5.41) is 9.25. The van der Waals surface area contributed by atoms with Gasteiger partial charge in [-0.15, -0.1) is 0 Å². The van der Waals surface area contributed by atoms with Gasteiger partial charge >= 0.3 is 5.97 Å². The van der Waals surface area contributed by atoms with Gasteiger partial charge in [0.25, 0.3) is 5.56 Å². The summed E-state index contributed by atoms with van der Waals surface area (Å²) in [5.41, 5.74) is 1.31. The summed E-state index contributed by atoms with van der Waals surface area (Å²) in [4.78, 5) is 26.2. The Morgan fingerprint density at radius 3 is 2.46 bits per heavy atom. The van der Waals surface area contributed by atoms with Gasteiger partial charge in [0.1, 0.15) is 5.56 Å². The van der Waals surface area contributed by atoms with Crippen molar-refractivity contribution in [1.82, 2.24) is 9.47 Å². The molecule has 0 aliphatic carbocycles. The molecule has 2 heterocycles. The quantitative estimate of drug-likeness (QED) is 0.938. The fourth-order valence-electron chi connectivity index (χ4n) is 3.39. The summed E-state index contributed by atoms with van der Waals surface area (Å²) in [6.07, 6.45) is 3.45. The second-order valence-corrected chi connectivity index (χ2v) is 6.38. The third kappa shape index (κ3) is 3.41. The van der Waals surface area contributed by atoms with E-state index in [-0.39, 0.29) is 17.2 Å². The largest absolute Gasteiger partial charge is 0.477 e. The Morgan fingerprint density at radius 1 is 1.17 bits per heavy atom. The molecule has 1 aromatic carbocycles. The zero-order valence-electron chi connectivity index (χ0n) is 13.8. The molecule has 0 bridgehead atoms. The highest BCUT2D eigenvalue weighted by Crippen LogP contribution is 2.22. The average molecular weight is 326 g/mol. The minimum absolute atomic E-state index is 0.0724. The first-order chi connectivity index (χ1) is 11.6. The number of pyridine rings is 1. The number of rotatable bonds is 4. The maximum absolute atomic E-state index is 12.5. The molecule has 0 radical (unpaired) electrons. The summed E-state index contributed by atoms with van der Waals surface area (Å²) in [7, 11) is 0. The Balaban J connectivity index is 1.70. The van der Waals surface area contributed by atoms with Gasteiger partial charge in [0.05, 0.1) is 0 Å². The van der Waals surface area contributed by atoms with Crippen molar-refractivity contribution >= 4 is 5.97 Å². The number of hydrogen-bond acceptors (Lipinski definition) is 3. The van der Waals surface area contributed by atoms with E-state index in [1.807, 2.05) is 18.2 Å². The molecule has 24 heavy (non-hydrogen) atoms. The lowest BCUT2D eigenvalue weighted by Gasteiger charge is -2.33. The van der Waals surface area contributed by atoms with E-state index in [1.165, 1.54) is 5.56 Å². The molecule has 0 spiro atoms. The first-order valence-electron chi connectivity index (χ1n) is 8.27. The number of nitrogens with zero attached hydrogens (tertiary/aromatic N) is 2. The van der Waals surface area contributed by atoms with Gasteiger partial charge in [-0.05, 0) is 37.0 Å².